The highest BCUT2D eigenvalue weighted by molar-refractivity contribution is 9.09. The van der Waals surface area contributed by atoms with Crippen LogP contribution in [0.5, 0.6) is 0 Å². The van der Waals surface area contributed by atoms with Gasteiger partial charge >= 0.3 is 5.97 Å². The number of esters is 1. The lowest BCUT2D eigenvalue weighted by Gasteiger charge is -2.25. The highest BCUT2D eigenvalue weighted by atomic mass is 79.9. The number of hydrogen-bond acceptors (Lipinski definition) is 4. The molecule has 22 heavy (non-hydrogen) atoms. The molecule has 0 bridgehead atoms. The largest absolute Gasteiger partial charge is 0.463 e. The number of hydrogen-bond donors (Lipinski definition) is 1. The summed E-state index contributed by atoms with van der Waals surface area (Å²) in [7, 11) is 3.52. The summed E-state index contributed by atoms with van der Waals surface area (Å²) in [5.41, 5.74) is 1.85. The zero-order valence-corrected chi connectivity index (χ0v) is 15.4. The van der Waals surface area contributed by atoms with Gasteiger partial charge in [-0.15, -0.1) is 0 Å². The molecule has 0 saturated heterocycles. The van der Waals surface area contributed by atoms with Crippen LogP contribution in [0, 0.1) is 5.41 Å². The molecular formula is C17H26BrNO3. The predicted octanol–water partition coefficient (Wildman–Crippen LogP) is 3.45. The Morgan fingerprint density at radius 1 is 1.27 bits per heavy atom. The van der Waals surface area contributed by atoms with Gasteiger partial charge in [-0.25, -0.2) is 0 Å². The van der Waals surface area contributed by atoms with Gasteiger partial charge in [-0.3, -0.25) is 4.79 Å². The first kappa shape index (κ1) is 19.1. The number of carbonyl (C=O) groups excluding carboxylic acids is 1. The lowest BCUT2D eigenvalue weighted by atomic mass is 9.86. The van der Waals surface area contributed by atoms with Gasteiger partial charge in [-0.1, -0.05) is 40.2 Å². The maximum atomic E-state index is 12.1. The summed E-state index contributed by atoms with van der Waals surface area (Å²) in [6.07, 6.45) is 0.671. The van der Waals surface area contributed by atoms with Crippen molar-refractivity contribution in [1.29, 1.82) is 0 Å². The SMILES string of the molecule is CNCc1ccc(C(Br)CC(C)(C)C(=O)OCCOC)cc1. The number of benzene rings is 1. The van der Waals surface area contributed by atoms with Gasteiger partial charge < -0.3 is 14.8 Å². The lowest BCUT2D eigenvalue weighted by molar-refractivity contribution is -0.155. The first-order valence-corrected chi connectivity index (χ1v) is 8.36. The van der Waals surface area contributed by atoms with Gasteiger partial charge in [-0.2, -0.15) is 0 Å². The smallest absolute Gasteiger partial charge is 0.311 e. The van der Waals surface area contributed by atoms with Crippen LogP contribution in [0.2, 0.25) is 0 Å². The molecule has 1 atom stereocenters. The number of halogens is 1. The van der Waals surface area contributed by atoms with Crippen LogP contribution in [0.1, 0.15) is 36.2 Å². The van der Waals surface area contributed by atoms with Crippen molar-refractivity contribution in [2.75, 3.05) is 27.4 Å². The summed E-state index contributed by atoms with van der Waals surface area (Å²) in [4.78, 5) is 12.3. The monoisotopic (exact) mass is 371 g/mol. The van der Waals surface area contributed by atoms with Gasteiger partial charge in [0.15, 0.2) is 0 Å². The van der Waals surface area contributed by atoms with Gasteiger partial charge in [0.25, 0.3) is 0 Å². The zero-order chi connectivity index (χ0) is 16.6. The van der Waals surface area contributed by atoms with E-state index in [4.69, 9.17) is 9.47 Å². The molecular weight excluding hydrogens is 346 g/mol. The van der Waals surface area contributed by atoms with E-state index in [1.165, 1.54) is 5.56 Å². The molecule has 0 spiro atoms. The Kier molecular flexibility index (Phi) is 8.07. The Bertz CT molecular complexity index is 459. The van der Waals surface area contributed by atoms with Crippen molar-refractivity contribution >= 4 is 21.9 Å². The number of ether oxygens (including phenoxy) is 2. The molecule has 0 aliphatic heterocycles. The van der Waals surface area contributed by atoms with Crippen LogP contribution in [0.3, 0.4) is 0 Å². The third kappa shape index (κ3) is 6.07. The van der Waals surface area contributed by atoms with Crippen LogP contribution in [-0.4, -0.2) is 33.3 Å². The van der Waals surface area contributed by atoms with Crippen LogP contribution in [0.25, 0.3) is 0 Å². The molecule has 0 fully saturated rings. The molecule has 1 aromatic rings. The molecule has 5 heteroatoms. The lowest BCUT2D eigenvalue weighted by Crippen LogP contribution is -2.28. The Morgan fingerprint density at radius 3 is 2.45 bits per heavy atom. The third-order valence-electron chi connectivity index (χ3n) is 3.49. The fraction of sp³-hybridized carbons (Fsp3) is 0.588. The molecule has 124 valence electrons. The quantitative estimate of drug-likeness (QED) is 0.410. The van der Waals surface area contributed by atoms with Crippen LogP contribution < -0.4 is 5.32 Å². The molecule has 1 rings (SSSR count). The minimum absolute atomic E-state index is 0.112. The second-order valence-corrected chi connectivity index (χ2v) is 7.06. The highest BCUT2D eigenvalue weighted by Crippen LogP contribution is 2.36. The van der Waals surface area contributed by atoms with E-state index in [9.17, 15) is 4.79 Å². The molecule has 0 aromatic heterocycles. The van der Waals surface area contributed by atoms with Crippen molar-refractivity contribution in [3.05, 3.63) is 35.4 Å². The van der Waals surface area contributed by atoms with Crippen molar-refractivity contribution in [2.45, 2.75) is 31.6 Å². The average Bonchev–Trinajstić information content (AvgIpc) is 2.48. The first-order valence-electron chi connectivity index (χ1n) is 7.44. The molecule has 1 N–H and O–H groups in total. The van der Waals surface area contributed by atoms with E-state index in [0.29, 0.717) is 19.6 Å². The molecule has 1 aromatic carbocycles. The van der Waals surface area contributed by atoms with Gasteiger partial charge in [0.1, 0.15) is 6.61 Å². The van der Waals surface area contributed by atoms with Gasteiger partial charge in [-0.05, 0) is 38.4 Å². The van der Waals surface area contributed by atoms with E-state index in [1.807, 2.05) is 20.9 Å². The fourth-order valence-electron chi connectivity index (χ4n) is 2.11. The van der Waals surface area contributed by atoms with Crippen LogP contribution in [0.15, 0.2) is 24.3 Å². The summed E-state index contributed by atoms with van der Waals surface area (Å²) < 4.78 is 10.1. The topological polar surface area (TPSA) is 47.6 Å². The second kappa shape index (κ2) is 9.28. The van der Waals surface area contributed by atoms with Gasteiger partial charge in [0.05, 0.1) is 12.0 Å². The highest BCUT2D eigenvalue weighted by Gasteiger charge is 2.32. The molecule has 0 aliphatic rings. The minimum Gasteiger partial charge on any atom is -0.463 e. The summed E-state index contributed by atoms with van der Waals surface area (Å²) in [5.74, 6) is -0.194. The average molecular weight is 372 g/mol. The predicted molar refractivity (Wildman–Crippen MR) is 92.1 cm³/mol. The van der Waals surface area contributed by atoms with Crippen molar-refractivity contribution in [3.8, 4) is 0 Å². The molecule has 0 amide bonds. The summed E-state index contributed by atoms with van der Waals surface area (Å²) in [6.45, 7) is 5.39. The molecule has 0 saturated carbocycles. The fourth-order valence-corrected chi connectivity index (χ4v) is 3.23. The summed E-state index contributed by atoms with van der Waals surface area (Å²) in [6, 6.07) is 8.39. The van der Waals surface area contributed by atoms with E-state index in [1.54, 1.807) is 7.11 Å². The standard InChI is InChI=1S/C17H26BrNO3/c1-17(2,16(20)22-10-9-21-4)11-15(18)14-7-5-13(6-8-14)12-19-3/h5-8,15,19H,9-12H2,1-4H3. The number of methoxy groups -OCH3 is 1. The molecule has 0 aliphatic carbocycles. The van der Waals surface area contributed by atoms with E-state index in [0.717, 1.165) is 12.1 Å². The van der Waals surface area contributed by atoms with E-state index in [-0.39, 0.29) is 10.8 Å². The van der Waals surface area contributed by atoms with E-state index < -0.39 is 5.41 Å². The molecule has 0 heterocycles. The van der Waals surface area contributed by atoms with Crippen molar-refractivity contribution in [1.82, 2.24) is 5.32 Å². The minimum atomic E-state index is -0.550. The number of carbonyl (C=O) groups is 1. The van der Waals surface area contributed by atoms with Crippen LogP contribution >= 0.6 is 15.9 Å². The van der Waals surface area contributed by atoms with Gasteiger partial charge in [0, 0.05) is 18.5 Å². The summed E-state index contributed by atoms with van der Waals surface area (Å²) in [5, 5.41) is 3.13. The third-order valence-corrected chi connectivity index (χ3v) is 4.34. The van der Waals surface area contributed by atoms with Crippen molar-refractivity contribution in [2.24, 2.45) is 5.41 Å². The van der Waals surface area contributed by atoms with Crippen molar-refractivity contribution < 1.29 is 14.3 Å². The Balaban J connectivity index is 2.61. The Hall–Kier alpha value is -0.910. The number of nitrogens with one attached hydrogen (secondary N) is 1. The van der Waals surface area contributed by atoms with Crippen LogP contribution in [-0.2, 0) is 20.8 Å². The number of rotatable bonds is 9. The molecule has 1 unspecified atom stereocenters. The molecule has 0 radical (unpaired) electrons. The van der Waals surface area contributed by atoms with Gasteiger partial charge in [0.2, 0.25) is 0 Å². The summed E-state index contributed by atoms with van der Waals surface area (Å²) >= 11 is 3.69. The maximum absolute atomic E-state index is 12.1. The van der Waals surface area contributed by atoms with Crippen LogP contribution in [0.4, 0.5) is 0 Å². The maximum Gasteiger partial charge on any atom is 0.311 e. The normalized spacial score (nSPS) is 13.0. The van der Waals surface area contributed by atoms with Crippen molar-refractivity contribution in [3.63, 3.8) is 0 Å². The van der Waals surface area contributed by atoms with E-state index in [2.05, 4.69) is 45.5 Å². The zero-order valence-electron chi connectivity index (χ0n) is 13.8. The number of alkyl halides is 1. The second-order valence-electron chi connectivity index (χ2n) is 5.96. The van der Waals surface area contributed by atoms with E-state index >= 15 is 0 Å². The Morgan fingerprint density at radius 2 is 1.91 bits per heavy atom. The first-order chi connectivity index (χ1) is 10.4. The Labute approximate surface area is 141 Å². The molecule has 4 nitrogen and oxygen atoms in total.